The topological polar surface area (TPSA) is 124 Å². The zero-order valence-corrected chi connectivity index (χ0v) is 45.1. The summed E-state index contributed by atoms with van der Waals surface area (Å²) in [5.41, 5.74) is 12.6. The maximum Gasteiger partial charge on any atom is 0.211 e. The number of anilines is 4. The van der Waals surface area contributed by atoms with Crippen LogP contribution in [0.2, 0.25) is 0 Å². The predicted molar refractivity (Wildman–Crippen MR) is 299 cm³/mol. The molecule has 0 unspecified atom stereocenters. The number of piperidine rings is 2. The number of ether oxygens (including phenoxy) is 2. The first-order valence-electron chi connectivity index (χ1n) is 26.9. The summed E-state index contributed by atoms with van der Waals surface area (Å²) in [5.74, 6) is 4.06. The highest BCUT2D eigenvalue weighted by Gasteiger charge is 2.29. The monoisotopic (exact) mass is 999 g/mol. The lowest BCUT2D eigenvalue weighted by atomic mass is 10.0. The molecule has 4 atom stereocenters. The van der Waals surface area contributed by atoms with Crippen molar-refractivity contribution >= 4 is 56.6 Å². The van der Waals surface area contributed by atoms with Crippen LogP contribution in [0.25, 0.3) is 55.4 Å². The molecule has 0 amide bonds. The van der Waals surface area contributed by atoms with Gasteiger partial charge < -0.3 is 38.9 Å². The Morgan fingerprint density at radius 1 is 0.432 bits per heavy atom. The second-order valence-corrected chi connectivity index (χ2v) is 21.9. The van der Waals surface area contributed by atoms with Crippen molar-refractivity contribution in [2.45, 2.75) is 104 Å². The number of benzene rings is 2. The SMILES string of the molecule is Cc1nc(N2C[C@@H](C)O[C@H](C)C2)n2c1cnc1ccc(-c3ccc(N4CCC(N(C)C)CC4)nc3)cc12.Cc1nc(N2C[C@H](C)O[C@@H](C)C2)n2c1cnc1ccc(-c3ccc(N4CCC(N(C)C)CC4)nc3)cc12. The maximum atomic E-state index is 5.99. The van der Waals surface area contributed by atoms with E-state index in [1.807, 2.05) is 24.8 Å². The molecule has 16 nitrogen and oxygen atoms in total. The average Bonchev–Trinajstić information content (AvgIpc) is 3.94. The number of nitrogens with zero attached hydrogens (tertiary/aromatic N) is 14. The van der Waals surface area contributed by atoms with Crippen molar-refractivity contribution in [3.8, 4) is 22.3 Å². The highest BCUT2D eigenvalue weighted by molar-refractivity contribution is 5.87. The van der Waals surface area contributed by atoms with Gasteiger partial charge in [0.25, 0.3) is 0 Å². The Bertz CT molecular complexity index is 3010. The normalized spacial score (nSPS) is 21.5. The first-order valence-corrected chi connectivity index (χ1v) is 26.9. The van der Waals surface area contributed by atoms with Gasteiger partial charge in [-0.3, -0.25) is 18.8 Å². The lowest BCUT2D eigenvalue weighted by Crippen LogP contribution is -2.46. The molecule has 4 fully saturated rings. The highest BCUT2D eigenvalue weighted by atomic mass is 16.5. The number of imidazole rings is 2. The summed E-state index contributed by atoms with van der Waals surface area (Å²) in [4.78, 5) is 43.4. The fourth-order valence-electron chi connectivity index (χ4n) is 11.9. The molecule has 0 N–H and O–H groups in total. The molecule has 4 aliphatic heterocycles. The minimum Gasteiger partial charge on any atom is -0.372 e. The molecule has 0 bridgehead atoms. The van der Waals surface area contributed by atoms with Crippen molar-refractivity contribution < 1.29 is 9.47 Å². The summed E-state index contributed by atoms with van der Waals surface area (Å²) >= 11 is 0. The van der Waals surface area contributed by atoms with Crippen LogP contribution in [-0.4, -0.2) is 166 Å². The standard InChI is InChI=1S/2C29H37N7O/c2*1-19-17-35(18-20(2)37-19)29-32-21(3)27-16-30-25-8-6-22(14-26(25)36(27)29)23-7-9-28(31-15-23)34-12-10-24(11-13-34)33(4)5/h2*6-9,14-16,19-20,24H,10-13,17-18H2,1-5H3/t2*19-,20-/m10/s1. The molecule has 6 aromatic heterocycles. The first-order chi connectivity index (χ1) is 35.7. The van der Waals surface area contributed by atoms with E-state index in [2.05, 4.69) is 169 Å². The molecule has 0 aliphatic carbocycles. The summed E-state index contributed by atoms with van der Waals surface area (Å²) < 4.78 is 16.5. The van der Waals surface area contributed by atoms with Gasteiger partial charge in [-0.25, -0.2) is 19.9 Å². The van der Waals surface area contributed by atoms with Crippen LogP contribution in [0, 0.1) is 13.8 Å². The Labute approximate surface area is 436 Å². The number of rotatable bonds is 8. The van der Waals surface area contributed by atoms with Gasteiger partial charge in [0.05, 0.1) is 81.3 Å². The van der Waals surface area contributed by atoms with E-state index < -0.39 is 0 Å². The van der Waals surface area contributed by atoms with Gasteiger partial charge in [0.15, 0.2) is 0 Å². The van der Waals surface area contributed by atoms with Crippen molar-refractivity contribution in [3.63, 3.8) is 0 Å². The van der Waals surface area contributed by atoms with Gasteiger partial charge >= 0.3 is 0 Å². The van der Waals surface area contributed by atoms with E-state index in [0.717, 1.165) is 143 Å². The Kier molecular flexibility index (Phi) is 13.9. The molecule has 0 spiro atoms. The molecule has 0 radical (unpaired) electrons. The van der Waals surface area contributed by atoms with E-state index >= 15 is 0 Å². The lowest BCUT2D eigenvalue weighted by molar-refractivity contribution is -0.00598. The maximum absolute atomic E-state index is 5.99. The summed E-state index contributed by atoms with van der Waals surface area (Å²) in [6.07, 6.45) is 13.3. The molecule has 0 saturated carbocycles. The van der Waals surface area contributed by atoms with E-state index in [4.69, 9.17) is 39.4 Å². The molecule has 8 aromatic rings. The number of aryl methyl sites for hydroxylation is 2. The van der Waals surface area contributed by atoms with Crippen LogP contribution in [0.4, 0.5) is 23.5 Å². The van der Waals surface area contributed by atoms with Crippen LogP contribution >= 0.6 is 0 Å². The third-order valence-corrected chi connectivity index (χ3v) is 15.8. The Balaban J connectivity index is 0.000000159. The fourth-order valence-corrected chi connectivity index (χ4v) is 11.9. The van der Waals surface area contributed by atoms with Crippen molar-refractivity contribution in [1.29, 1.82) is 0 Å². The molecule has 4 aliphatic rings. The zero-order valence-electron chi connectivity index (χ0n) is 45.1. The molecule has 388 valence electrons. The van der Waals surface area contributed by atoms with E-state index in [1.54, 1.807) is 0 Å². The number of pyridine rings is 2. The summed E-state index contributed by atoms with van der Waals surface area (Å²) in [6.45, 7) is 20.1. The number of morpholine rings is 2. The van der Waals surface area contributed by atoms with Crippen LogP contribution in [0.3, 0.4) is 0 Å². The smallest absolute Gasteiger partial charge is 0.211 e. The fraction of sp³-hybridized carbons (Fsp3) is 0.483. The van der Waals surface area contributed by atoms with E-state index in [-0.39, 0.29) is 24.4 Å². The summed E-state index contributed by atoms with van der Waals surface area (Å²) in [7, 11) is 8.71. The molecule has 4 saturated heterocycles. The van der Waals surface area contributed by atoms with E-state index in [1.165, 1.54) is 25.7 Å². The zero-order chi connectivity index (χ0) is 51.4. The minimum atomic E-state index is 0.165. The molecule has 12 rings (SSSR count). The van der Waals surface area contributed by atoms with Gasteiger partial charge in [-0.2, -0.15) is 0 Å². The van der Waals surface area contributed by atoms with Crippen LogP contribution in [0.5, 0.6) is 0 Å². The van der Waals surface area contributed by atoms with E-state index in [9.17, 15) is 0 Å². The minimum absolute atomic E-state index is 0.165. The Morgan fingerprint density at radius 3 is 1.14 bits per heavy atom. The summed E-state index contributed by atoms with van der Waals surface area (Å²) in [5, 5.41) is 0. The van der Waals surface area contributed by atoms with Gasteiger partial charge in [-0.05, 0) is 155 Å². The lowest BCUT2D eigenvalue weighted by Gasteiger charge is -2.35. The van der Waals surface area contributed by atoms with Gasteiger partial charge in [-0.15, -0.1) is 0 Å². The number of hydrogen-bond acceptors (Lipinski definition) is 14. The number of aromatic nitrogens is 8. The van der Waals surface area contributed by atoms with E-state index in [0.29, 0.717) is 12.1 Å². The van der Waals surface area contributed by atoms with Crippen LogP contribution in [0.1, 0.15) is 64.8 Å². The van der Waals surface area contributed by atoms with Crippen LogP contribution < -0.4 is 19.6 Å². The van der Waals surface area contributed by atoms with Gasteiger partial charge in [0.2, 0.25) is 11.9 Å². The largest absolute Gasteiger partial charge is 0.372 e. The molecular weight excluding hydrogens is 925 g/mol. The van der Waals surface area contributed by atoms with Crippen molar-refractivity contribution in [1.82, 2.24) is 48.5 Å². The van der Waals surface area contributed by atoms with Gasteiger partial charge in [-0.1, -0.05) is 12.1 Å². The Hall–Kier alpha value is -6.46. The highest BCUT2D eigenvalue weighted by Crippen LogP contribution is 2.33. The molecule has 16 heteroatoms. The van der Waals surface area contributed by atoms with Crippen molar-refractivity contribution in [3.05, 3.63) is 96.8 Å². The third-order valence-electron chi connectivity index (χ3n) is 15.8. The molecular formula is C58H74N14O2. The third kappa shape index (κ3) is 9.96. The average molecular weight is 999 g/mol. The predicted octanol–water partition coefficient (Wildman–Crippen LogP) is 8.79. The molecule has 10 heterocycles. The number of hydrogen-bond donors (Lipinski definition) is 0. The van der Waals surface area contributed by atoms with Crippen LogP contribution in [-0.2, 0) is 9.47 Å². The quantitative estimate of drug-likeness (QED) is 0.144. The molecule has 2 aromatic carbocycles. The second kappa shape index (κ2) is 20.7. The van der Waals surface area contributed by atoms with Gasteiger partial charge in [0.1, 0.15) is 11.6 Å². The number of fused-ring (bicyclic) bond motifs is 6. The summed E-state index contributed by atoms with van der Waals surface area (Å²) in [6, 6.07) is 23.0. The van der Waals surface area contributed by atoms with Crippen molar-refractivity contribution in [2.24, 2.45) is 0 Å². The second-order valence-electron chi connectivity index (χ2n) is 21.9. The first kappa shape index (κ1) is 49.7. The van der Waals surface area contributed by atoms with Gasteiger partial charge in [0, 0.05) is 88.0 Å². The van der Waals surface area contributed by atoms with Crippen molar-refractivity contribution in [2.75, 3.05) is 100 Å². The molecule has 74 heavy (non-hydrogen) atoms. The Morgan fingerprint density at radius 2 is 0.797 bits per heavy atom. The van der Waals surface area contributed by atoms with Crippen LogP contribution in [0.15, 0.2) is 85.5 Å².